The van der Waals surface area contributed by atoms with E-state index in [0.717, 1.165) is 11.4 Å². The molecule has 122 valence electrons. The van der Waals surface area contributed by atoms with Crippen LogP contribution in [0.2, 0.25) is 5.02 Å². The second kappa shape index (κ2) is 7.51. The predicted octanol–water partition coefficient (Wildman–Crippen LogP) is 5.05. The van der Waals surface area contributed by atoms with Crippen LogP contribution >= 0.6 is 11.6 Å². The summed E-state index contributed by atoms with van der Waals surface area (Å²) in [7, 11) is 0. The van der Waals surface area contributed by atoms with E-state index in [-0.39, 0.29) is 11.3 Å². The lowest BCUT2D eigenvalue weighted by Crippen LogP contribution is -2.15. The Hall–Kier alpha value is -2.00. The number of halogens is 1. The Labute approximate surface area is 142 Å². The number of hydrogen-bond donors (Lipinski definition) is 1. The fourth-order valence-electron chi connectivity index (χ4n) is 2.07. The molecule has 2 aromatic rings. The zero-order chi connectivity index (χ0) is 16.9. The standard InChI is InChI=1S/C19H22ClNO2/c1-19(2,3)14-4-10-17(11-5-14)23-13-12-18(22)21-16-8-6-15(20)7-9-16/h4-11H,12-13H2,1-3H3,(H,21,22). The van der Waals surface area contributed by atoms with Crippen LogP contribution in [-0.4, -0.2) is 12.5 Å². The van der Waals surface area contributed by atoms with E-state index < -0.39 is 0 Å². The van der Waals surface area contributed by atoms with Crippen molar-refractivity contribution in [3.63, 3.8) is 0 Å². The minimum atomic E-state index is -0.0846. The molecule has 0 saturated heterocycles. The molecule has 1 amide bonds. The molecule has 0 aliphatic carbocycles. The fraction of sp³-hybridized carbons (Fsp3) is 0.316. The number of anilines is 1. The van der Waals surface area contributed by atoms with Crippen molar-refractivity contribution in [1.29, 1.82) is 0 Å². The summed E-state index contributed by atoms with van der Waals surface area (Å²) >= 11 is 5.81. The van der Waals surface area contributed by atoms with Gasteiger partial charge in [0.15, 0.2) is 0 Å². The van der Waals surface area contributed by atoms with Crippen LogP contribution in [-0.2, 0) is 10.2 Å². The molecule has 0 atom stereocenters. The van der Waals surface area contributed by atoms with Gasteiger partial charge in [-0.1, -0.05) is 44.5 Å². The summed E-state index contributed by atoms with van der Waals surface area (Å²) in [4.78, 5) is 11.8. The second-order valence-electron chi connectivity index (χ2n) is 6.43. The highest BCUT2D eigenvalue weighted by Gasteiger charge is 2.13. The van der Waals surface area contributed by atoms with Crippen LogP contribution in [0.1, 0.15) is 32.8 Å². The van der Waals surface area contributed by atoms with Crippen LogP contribution in [0.15, 0.2) is 48.5 Å². The predicted molar refractivity (Wildman–Crippen MR) is 95.3 cm³/mol. The smallest absolute Gasteiger partial charge is 0.227 e. The largest absolute Gasteiger partial charge is 0.493 e. The third-order valence-corrected chi connectivity index (χ3v) is 3.70. The van der Waals surface area contributed by atoms with Gasteiger partial charge in [-0.15, -0.1) is 0 Å². The Morgan fingerprint density at radius 3 is 2.22 bits per heavy atom. The van der Waals surface area contributed by atoms with E-state index in [1.165, 1.54) is 5.56 Å². The van der Waals surface area contributed by atoms with Gasteiger partial charge in [0.05, 0.1) is 13.0 Å². The fourth-order valence-corrected chi connectivity index (χ4v) is 2.20. The molecular formula is C19H22ClNO2. The van der Waals surface area contributed by atoms with Crippen molar-refractivity contribution < 1.29 is 9.53 Å². The number of nitrogens with one attached hydrogen (secondary N) is 1. The van der Waals surface area contributed by atoms with E-state index >= 15 is 0 Å². The lowest BCUT2D eigenvalue weighted by Gasteiger charge is -2.19. The van der Waals surface area contributed by atoms with Gasteiger partial charge >= 0.3 is 0 Å². The van der Waals surface area contributed by atoms with Crippen LogP contribution in [0.3, 0.4) is 0 Å². The molecule has 0 saturated carbocycles. The zero-order valence-electron chi connectivity index (χ0n) is 13.7. The monoisotopic (exact) mass is 331 g/mol. The van der Waals surface area contributed by atoms with E-state index in [0.29, 0.717) is 18.1 Å². The molecule has 0 bridgehead atoms. The third kappa shape index (κ3) is 5.61. The quantitative estimate of drug-likeness (QED) is 0.833. The Morgan fingerprint density at radius 1 is 1.04 bits per heavy atom. The molecule has 2 rings (SSSR count). The number of carbonyl (C=O) groups excluding carboxylic acids is 1. The van der Waals surface area contributed by atoms with Crippen LogP contribution < -0.4 is 10.1 Å². The molecule has 0 radical (unpaired) electrons. The van der Waals surface area contributed by atoms with Gasteiger partial charge in [-0.2, -0.15) is 0 Å². The maximum Gasteiger partial charge on any atom is 0.227 e. The average Bonchev–Trinajstić information content (AvgIpc) is 2.49. The highest BCUT2D eigenvalue weighted by molar-refractivity contribution is 6.30. The number of amides is 1. The van der Waals surface area contributed by atoms with Gasteiger partial charge in [0.2, 0.25) is 5.91 Å². The average molecular weight is 332 g/mol. The Balaban J connectivity index is 1.78. The van der Waals surface area contributed by atoms with E-state index in [2.05, 4.69) is 38.2 Å². The second-order valence-corrected chi connectivity index (χ2v) is 6.86. The summed E-state index contributed by atoms with van der Waals surface area (Å²) in [5.74, 6) is 0.691. The minimum absolute atomic E-state index is 0.0846. The number of rotatable bonds is 5. The van der Waals surface area contributed by atoms with E-state index in [9.17, 15) is 4.79 Å². The minimum Gasteiger partial charge on any atom is -0.493 e. The molecular weight excluding hydrogens is 310 g/mol. The normalized spacial score (nSPS) is 11.1. The topological polar surface area (TPSA) is 38.3 Å². The Kier molecular flexibility index (Phi) is 5.67. The third-order valence-electron chi connectivity index (χ3n) is 3.45. The van der Waals surface area contributed by atoms with Crippen LogP contribution in [0.5, 0.6) is 5.75 Å². The first kappa shape index (κ1) is 17.4. The SMILES string of the molecule is CC(C)(C)c1ccc(OCCC(=O)Nc2ccc(Cl)cc2)cc1. The summed E-state index contributed by atoms with van der Waals surface area (Å²) in [6.07, 6.45) is 0.295. The Morgan fingerprint density at radius 2 is 1.65 bits per heavy atom. The molecule has 0 heterocycles. The first-order chi connectivity index (χ1) is 10.8. The summed E-state index contributed by atoms with van der Waals surface area (Å²) < 4.78 is 5.62. The summed E-state index contributed by atoms with van der Waals surface area (Å²) in [6, 6.07) is 15.0. The van der Waals surface area contributed by atoms with E-state index in [4.69, 9.17) is 16.3 Å². The van der Waals surface area contributed by atoms with Crippen molar-refractivity contribution in [2.75, 3.05) is 11.9 Å². The van der Waals surface area contributed by atoms with Crippen molar-refractivity contribution in [3.8, 4) is 5.75 Å². The van der Waals surface area contributed by atoms with Crippen molar-refractivity contribution >= 4 is 23.2 Å². The lowest BCUT2D eigenvalue weighted by atomic mass is 9.87. The van der Waals surface area contributed by atoms with Crippen molar-refractivity contribution in [1.82, 2.24) is 0 Å². The molecule has 0 aromatic heterocycles. The van der Waals surface area contributed by atoms with Crippen LogP contribution in [0.25, 0.3) is 0 Å². The molecule has 0 unspecified atom stereocenters. The number of ether oxygens (including phenoxy) is 1. The molecule has 0 fully saturated rings. The van der Waals surface area contributed by atoms with Gasteiger partial charge in [-0.05, 0) is 47.4 Å². The van der Waals surface area contributed by atoms with Gasteiger partial charge in [-0.3, -0.25) is 4.79 Å². The number of carbonyl (C=O) groups is 1. The first-order valence-electron chi connectivity index (χ1n) is 7.63. The molecule has 0 aliphatic heterocycles. The maximum atomic E-state index is 11.8. The molecule has 23 heavy (non-hydrogen) atoms. The lowest BCUT2D eigenvalue weighted by molar-refractivity contribution is -0.116. The zero-order valence-corrected chi connectivity index (χ0v) is 14.5. The van der Waals surface area contributed by atoms with Crippen molar-refractivity contribution in [3.05, 3.63) is 59.1 Å². The van der Waals surface area contributed by atoms with Crippen molar-refractivity contribution in [2.45, 2.75) is 32.6 Å². The molecule has 0 spiro atoms. The summed E-state index contributed by atoms with van der Waals surface area (Å²) in [5, 5.41) is 3.45. The Bertz CT molecular complexity index is 643. The molecule has 3 nitrogen and oxygen atoms in total. The summed E-state index contributed by atoms with van der Waals surface area (Å²) in [5.41, 5.74) is 2.11. The van der Waals surface area contributed by atoms with Gasteiger partial charge in [0.1, 0.15) is 5.75 Å². The molecule has 2 aromatic carbocycles. The van der Waals surface area contributed by atoms with Crippen LogP contribution in [0.4, 0.5) is 5.69 Å². The number of hydrogen-bond acceptors (Lipinski definition) is 2. The highest BCUT2D eigenvalue weighted by Crippen LogP contribution is 2.24. The first-order valence-corrected chi connectivity index (χ1v) is 8.01. The maximum absolute atomic E-state index is 11.8. The van der Waals surface area contributed by atoms with Gasteiger partial charge < -0.3 is 10.1 Å². The van der Waals surface area contributed by atoms with E-state index in [1.807, 2.05) is 12.1 Å². The molecule has 1 N–H and O–H groups in total. The van der Waals surface area contributed by atoms with Crippen LogP contribution in [0, 0.1) is 0 Å². The highest BCUT2D eigenvalue weighted by atomic mass is 35.5. The van der Waals surface area contributed by atoms with Gasteiger partial charge in [0, 0.05) is 10.7 Å². The van der Waals surface area contributed by atoms with Gasteiger partial charge in [0.25, 0.3) is 0 Å². The molecule has 4 heteroatoms. The van der Waals surface area contributed by atoms with Crippen molar-refractivity contribution in [2.24, 2.45) is 0 Å². The van der Waals surface area contributed by atoms with E-state index in [1.54, 1.807) is 24.3 Å². The number of benzene rings is 2. The van der Waals surface area contributed by atoms with Gasteiger partial charge in [-0.25, -0.2) is 0 Å². The molecule has 0 aliphatic rings. The summed E-state index contributed by atoms with van der Waals surface area (Å²) in [6.45, 7) is 6.85.